The van der Waals surface area contributed by atoms with Crippen molar-refractivity contribution in [3.8, 4) is 0 Å². The van der Waals surface area contributed by atoms with Crippen LogP contribution in [0.15, 0.2) is 29.6 Å². The molecule has 1 aromatic heterocycles. The molecule has 3 rings (SSSR count). The standard InChI is InChI=1S/C16H15Cl2NO2S/c1-10-4-15(22-9-10)16(20)19-2-3-21-14(8-19)11-5-12(17)7-13(18)6-11/h4-7,9,14H,2-3,8H2,1H3. The Hall–Kier alpha value is -1.07. The van der Waals surface area contributed by atoms with E-state index in [2.05, 4.69) is 0 Å². The number of hydrogen-bond donors (Lipinski definition) is 0. The van der Waals surface area contributed by atoms with Crippen LogP contribution >= 0.6 is 34.5 Å². The fraction of sp³-hybridized carbons (Fsp3) is 0.312. The lowest BCUT2D eigenvalue weighted by atomic mass is 10.1. The van der Waals surface area contributed by atoms with Crippen LogP contribution in [0, 0.1) is 6.92 Å². The Morgan fingerprint density at radius 2 is 2.00 bits per heavy atom. The maximum atomic E-state index is 12.6. The van der Waals surface area contributed by atoms with Gasteiger partial charge < -0.3 is 9.64 Å². The van der Waals surface area contributed by atoms with E-state index in [9.17, 15) is 4.79 Å². The van der Waals surface area contributed by atoms with E-state index in [1.165, 1.54) is 11.3 Å². The summed E-state index contributed by atoms with van der Waals surface area (Å²) in [6, 6.07) is 7.28. The van der Waals surface area contributed by atoms with Gasteiger partial charge in [0, 0.05) is 16.6 Å². The average Bonchev–Trinajstić information content (AvgIpc) is 2.92. The minimum absolute atomic E-state index is 0.0551. The molecule has 1 atom stereocenters. The Labute approximate surface area is 143 Å². The largest absolute Gasteiger partial charge is 0.370 e. The summed E-state index contributed by atoms with van der Waals surface area (Å²) in [5.74, 6) is 0.0551. The van der Waals surface area contributed by atoms with Crippen LogP contribution < -0.4 is 0 Å². The second-order valence-electron chi connectivity index (χ2n) is 5.30. The summed E-state index contributed by atoms with van der Waals surface area (Å²) in [4.78, 5) is 15.1. The van der Waals surface area contributed by atoms with E-state index < -0.39 is 0 Å². The Bertz CT molecular complexity index is 681. The second-order valence-corrected chi connectivity index (χ2v) is 7.09. The second kappa shape index (κ2) is 6.59. The van der Waals surface area contributed by atoms with E-state index in [0.717, 1.165) is 16.0 Å². The quantitative estimate of drug-likeness (QED) is 0.789. The summed E-state index contributed by atoms with van der Waals surface area (Å²) >= 11 is 13.6. The highest BCUT2D eigenvalue weighted by molar-refractivity contribution is 7.12. The van der Waals surface area contributed by atoms with Crippen molar-refractivity contribution in [3.05, 3.63) is 55.7 Å². The molecule has 0 spiro atoms. The average molecular weight is 356 g/mol. The van der Waals surface area contributed by atoms with Crippen molar-refractivity contribution in [1.82, 2.24) is 4.90 Å². The molecule has 0 saturated carbocycles. The topological polar surface area (TPSA) is 29.5 Å². The van der Waals surface area contributed by atoms with E-state index in [0.29, 0.717) is 29.7 Å². The SMILES string of the molecule is Cc1csc(C(=O)N2CCOC(c3cc(Cl)cc(Cl)c3)C2)c1. The number of aryl methyl sites for hydroxylation is 1. The molecule has 0 bridgehead atoms. The zero-order chi connectivity index (χ0) is 15.7. The number of nitrogens with zero attached hydrogens (tertiary/aromatic N) is 1. The number of carbonyl (C=O) groups is 1. The Kier molecular flexibility index (Phi) is 4.73. The van der Waals surface area contributed by atoms with Crippen molar-refractivity contribution in [3.63, 3.8) is 0 Å². The fourth-order valence-electron chi connectivity index (χ4n) is 2.50. The van der Waals surface area contributed by atoms with Gasteiger partial charge in [0.15, 0.2) is 0 Å². The van der Waals surface area contributed by atoms with Gasteiger partial charge in [-0.2, -0.15) is 0 Å². The summed E-state index contributed by atoms with van der Waals surface area (Å²) in [6.07, 6.45) is -0.199. The van der Waals surface area contributed by atoms with Crippen LogP contribution in [-0.2, 0) is 4.74 Å². The summed E-state index contributed by atoms with van der Waals surface area (Å²) < 4.78 is 5.79. The number of hydrogen-bond acceptors (Lipinski definition) is 3. The van der Waals surface area contributed by atoms with Gasteiger partial charge >= 0.3 is 0 Å². The maximum absolute atomic E-state index is 12.6. The Morgan fingerprint density at radius 1 is 1.27 bits per heavy atom. The summed E-state index contributed by atoms with van der Waals surface area (Å²) in [6.45, 7) is 3.60. The van der Waals surface area contributed by atoms with E-state index in [-0.39, 0.29) is 12.0 Å². The van der Waals surface area contributed by atoms with Gasteiger partial charge in [-0.3, -0.25) is 4.79 Å². The zero-order valence-electron chi connectivity index (χ0n) is 12.0. The zero-order valence-corrected chi connectivity index (χ0v) is 14.3. The van der Waals surface area contributed by atoms with Crippen LogP contribution in [0.4, 0.5) is 0 Å². The molecular weight excluding hydrogens is 341 g/mol. The number of amides is 1. The summed E-state index contributed by atoms with van der Waals surface area (Å²) in [5.41, 5.74) is 2.01. The van der Waals surface area contributed by atoms with Gasteiger partial charge in [0.1, 0.15) is 6.10 Å². The molecule has 0 aliphatic carbocycles. The molecule has 1 aromatic carbocycles. The van der Waals surface area contributed by atoms with Crippen LogP contribution in [0.2, 0.25) is 10.0 Å². The summed E-state index contributed by atoms with van der Waals surface area (Å²) in [7, 11) is 0. The van der Waals surface area contributed by atoms with Crippen molar-refractivity contribution in [1.29, 1.82) is 0 Å². The van der Waals surface area contributed by atoms with E-state index in [4.69, 9.17) is 27.9 Å². The molecule has 1 aliphatic heterocycles. The first-order valence-corrected chi connectivity index (χ1v) is 8.58. The van der Waals surface area contributed by atoms with Gasteiger partial charge in [-0.1, -0.05) is 23.2 Å². The molecule has 3 nitrogen and oxygen atoms in total. The molecule has 1 unspecified atom stereocenters. The minimum atomic E-state index is -0.199. The highest BCUT2D eigenvalue weighted by Gasteiger charge is 2.27. The molecule has 1 aliphatic rings. The predicted molar refractivity (Wildman–Crippen MR) is 90.1 cm³/mol. The third-order valence-electron chi connectivity index (χ3n) is 3.55. The van der Waals surface area contributed by atoms with Gasteiger partial charge in [-0.05, 0) is 47.7 Å². The van der Waals surface area contributed by atoms with E-state index in [1.807, 2.05) is 35.4 Å². The first-order chi connectivity index (χ1) is 10.5. The number of benzene rings is 1. The van der Waals surface area contributed by atoms with Crippen molar-refractivity contribution < 1.29 is 9.53 Å². The third-order valence-corrected chi connectivity index (χ3v) is 5.02. The summed E-state index contributed by atoms with van der Waals surface area (Å²) in [5, 5.41) is 3.13. The van der Waals surface area contributed by atoms with Crippen molar-refractivity contribution >= 4 is 40.4 Å². The van der Waals surface area contributed by atoms with Gasteiger partial charge in [-0.25, -0.2) is 0 Å². The molecule has 22 heavy (non-hydrogen) atoms. The molecule has 2 heterocycles. The number of halogens is 2. The van der Waals surface area contributed by atoms with Crippen molar-refractivity contribution in [2.45, 2.75) is 13.0 Å². The molecule has 2 aromatic rings. The number of carbonyl (C=O) groups excluding carboxylic acids is 1. The lowest BCUT2D eigenvalue weighted by molar-refractivity contribution is -0.0226. The smallest absolute Gasteiger partial charge is 0.264 e. The van der Waals surface area contributed by atoms with Crippen LogP contribution in [0.1, 0.15) is 26.9 Å². The van der Waals surface area contributed by atoms with Gasteiger partial charge in [-0.15, -0.1) is 11.3 Å². The van der Waals surface area contributed by atoms with Gasteiger partial charge in [0.25, 0.3) is 5.91 Å². The van der Waals surface area contributed by atoms with Crippen molar-refractivity contribution in [2.24, 2.45) is 0 Å². The molecular formula is C16H15Cl2NO2S. The lowest BCUT2D eigenvalue weighted by Crippen LogP contribution is -2.42. The monoisotopic (exact) mass is 355 g/mol. The Morgan fingerprint density at radius 3 is 2.64 bits per heavy atom. The first kappa shape index (κ1) is 15.8. The van der Waals surface area contributed by atoms with E-state index in [1.54, 1.807) is 6.07 Å². The highest BCUT2D eigenvalue weighted by Crippen LogP contribution is 2.29. The Balaban J connectivity index is 1.78. The molecule has 1 saturated heterocycles. The van der Waals surface area contributed by atoms with Crippen LogP contribution in [0.5, 0.6) is 0 Å². The number of rotatable bonds is 2. The van der Waals surface area contributed by atoms with Crippen LogP contribution in [-0.4, -0.2) is 30.5 Å². The van der Waals surface area contributed by atoms with Gasteiger partial charge in [0.05, 0.1) is 18.0 Å². The molecule has 6 heteroatoms. The molecule has 1 amide bonds. The number of morpholine rings is 1. The molecule has 116 valence electrons. The molecule has 0 N–H and O–H groups in total. The first-order valence-electron chi connectivity index (χ1n) is 6.95. The predicted octanol–water partition coefficient (Wildman–Crippen LogP) is 4.58. The minimum Gasteiger partial charge on any atom is -0.370 e. The van der Waals surface area contributed by atoms with Crippen molar-refractivity contribution in [2.75, 3.05) is 19.7 Å². The van der Waals surface area contributed by atoms with Crippen LogP contribution in [0.3, 0.4) is 0 Å². The van der Waals surface area contributed by atoms with Crippen LogP contribution in [0.25, 0.3) is 0 Å². The maximum Gasteiger partial charge on any atom is 0.264 e. The number of thiophene rings is 1. The third kappa shape index (κ3) is 3.46. The van der Waals surface area contributed by atoms with E-state index >= 15 is 0 Å². The molecule has 1 fully saturated rings. The fourth-order valence-corrected chi connectivity index (χ4v) is 3.90. The highest BCUT2D eigenvalue weighted by atomic mass is 35.5. The lowest BCUT2D eigenvalue weighted by Gasteiger charge is -2.33. The van der Waals surface area contributed by atoms with Gasteiger partial charge in [0.2, 0.25) is 0 Å². The number of ether oxygens (including phenoxy) is 1. The normalized spacial score (nSPS) is 18.5. The molecule has 0 radical (unpaired) electrons.